The molecule has 2 aromatic heterocycles. The molecule has 4 rings (SSSR count). The number of rotatable bonds is 4. The first kappa shape index (κ1) is 17.3. The number of para-hydroxylation sites is 2. The summed E-state index contributed by atoms with van der Waals surface area (Å²) in [6.45, 7) is 4.12. The molecule has 2 aromatic carbocycles. The molecular weight excluding hydrogens is 362 g/mol. The van der Waals surface area contributed by atoms with Gasteiger partial charge in [0.25, 0.3) is 5.91 Å². The summed E-state index contributed by atoms with van der Waals surface area (Å²) in [4.78, 5) is 20.1. The van der Waals surface area contributed by atoms with E-state index in [-0.39, 0.29) is 5.91 Å². The molecule has 136 valence electrons. The van der Waals surface area contributed by atoms with E-state index in [2.05, 4.69) is 20.4 Å². The van der Waals surface area contributed by atoms with Gasteiger partial charge in [-0.1, -0.05) is 23.7 Å². The number of benzene rings is 2. The first-order valence-electron chi connectivity index (χ1n) is 8.57. The van der Waals surface area contributed by atoms with Crippen molar-refractivity contribution in [2.24, 2.45) is 0 Å². The van der Waals surface area contributed by atoms with Crippen LogP contribution in [0.2, 0.25) is 5.02 Å². The lowest BCUT2D eigenvalue weighted by Crippen LogP contribution is -2.23. The molecule has 0 saturated heterocycles. The third kappa shape index (κ3) is 3.31. The first-order valence-corrected chi connectivity index (χ1v) is 8.94. The van der Waals surface area contributed by atoms with Crippen LogP contribution in [0.4, 0.5) is 0 Å². The van der Waals surface area contributed by atoms with Crippen molar-refractivity contribution in [1.82, 2.24) is 25.1 Å². The normalized spacial score (nSPS) is 11.1. The van der Waals surface area contributed by atoms with E-state index in [9.17, 15) is 4.79 Å². The molecule has 7 heteroatoms. The van der Waals surface area contributed by atoms with E-state index < -0.39 is 0 Å². The maximum absolute atomic E-state index is 12.4. The Labute approximate surface area is 161 Å². The van der Waals surface area contributed by atoms with Crippen LogP contribution in [-0.4, -0.2) is 25.7 Å². The molecule has 6 nitrogen and oxygen atoms in total. The molecule has 0 saturated carbocycles. The lowest BCUT2D eigenvalue weighted by molar-refractivity contribution is 0.0950. The highest BCUT2D eigenvalue weighted by Gasteiger charge is 2.12. The summed E-state index contributed by atoms with van der Waals surface area (Å²) in [5.41, 5.74) is 4.92. The van der Waals surface area contributed by atoms with Crippen molar-refractivity contribution in [3.8, 4) is 5.69 Å². The zero-order chi connectivity index (χ0) is 19.0. The summed E-state index contributed by atoms with van der Waals surface area (Å²) in [6, 6.07) is 15.0. The summed E-state index contributed by atoms with van der Waals surface area (Å²) in [7, 11) is 0. The largest absolute Gasteiger partial charge is 0.345 e. The number of aromatic nitrogens is 4. The molecule has 0 atom stereocenters. The molecule has 2 N–H and O–H groups in total. The summed E-state index contributed by atoms with van der Waals surface area (Å²) < 4.78 is 1.77. The van der Waals surface area contributed by atoms with Crippen LogP contribution in [-0.2, 0) is 6.54 Å². The fraction of sp³-hybridized carbons (Fsp3) is 0.150. The maximum Gasteiger partial charge on any atom is 0.251 e. The molecule has 0 aliphatic carbocycles. The van der Waals surface area contributed by atoms with Crippen LogP contribution in [0.25, 0.3) is 16.7 Å². The zero-order valence-corrected chi connectivity index (χ0v) is 15.7. The fourth-order valence-electron chi connectivity index (χ4n) is 2.98. The van der Waals surface area contributed by atoms with E-state index in [0.717, 1.165) is 33.9 Å². The molecule has 2 heterocycles. The highest BCUT2D eigenvalue weighted by molar-refractivity contribution is 6.31. The average molecular weight is 380 g/mol. The van der Waals surface area contributed by atoms with Gasteiger partial charge >= 0.3 is 0 Å². The number of hydrogen-bond donors (Lipinski definition) is 2. The second-order valence-corrected chi connectivity index (χ2v) is 6.70. The van der Waals surface area contributed by atoms with E-state index in [4.69, 9.17) is 11.6 Å². The Morgan fingerprint density at radius 1 is 1.15 bits per heavy atom. The number of imidazole rings is 1. The number of nitrogens with one attached hydrogen (secondary N) is 2. The Balaban J connectivity index is 1.46. The molecule has 0 spiro atoms. The van der Waals surface area contributed by atoms with Crippen LogP contribution in [0, 0.1) is 13.8 Å². The highest BCUT2D eigenvalue weighted by atomic mass is 35.5. The predicted octanol–water partition coefficient (Wildman–Crippen LogP) is 3.95. The minimum atomic E-state index is -0.159. The molecule has 0 aliphatic heterocycles. The SMILES string of the molecule is Cc1nn(-c2ccc(C(=O)NCc3nc4ccccc4[nH]3)cc2)c(C)c1Cl. The quantitative estimate of drug-likeness (QED) is 0.563. The van der Waals surface area contributed by atoms with Gasteiger partial charge in [-0.05, 0) is 50.2 Å². The van der Waals surface area contributed by atoms with E-state index in [0.29, 0.717) is 17.1 Å². The summed E-state index contributed by atoms with van der Waals surface area (Å²) in [5.74, 6) is 0.562. The smallest absolute Gasteiger partial charge is 0.251 e. The van der Waals surface area contributed by atoms with Crippen LogP contribution in [0.1, 0.15) is 27.6 Å². The Hall–Kier alpha value is -3.12. The molecule has 27 heavy (non-hydrogen) atoms. The minimum Gasteiger partial charge on any atom is -0.345 e. The Morgan fingerprint density at radius 3 is 2.56 bits per heavy atom. The van der Waals surface area contributed by atoms with Gasteiger partial charge < -0.3 is 10.3 Å². The lowest BCUT2D eigenvalue weighted by atomic mass is 10.2. The van der Waals surface area contributed by atoms with Crippen molar-refractivity contribution in [2.75, 3.05) is 0 Å². The highest BCUT2D eigenvalue weighted by Crippen LogP contribution is 2.22. The van der Waals surface area contributed by atoms with Gasteiger partial charge in [-0.3, -0.25) is 4.79 Å². The molecule has 1 amide bonds. The van der Waals surface area contributed by atoms with E-state index in [1.807, 2.05) is 50.2 Å². The van der Waals surface area contributed by atoms with Gasteiger partial charge in [0, 0.05) is 5.56 Å². The predicted molar refractivity (Wildman–Crippen MR) is 105 cm³/mol. The van der Waals surface area contributed by atoms with Gasteiger partial charge in [0.2, 0.25) is 0 Å². The van der Waals surface area contributed by atoms with Gasteiger partial charge in [0.05, 0.1) is 39.7 Å². The Kier molecular flexibility index (Phi) is 4.41. The number of amides is 1. The minimum absolute atomic E-state index is 0.159. The Bertz CT molecular complexity index is 1090. The zero-order valence-electron chi connectivity index (χ0n) is 15.0. The number of halogens is 1. The number of fused-ring (bicyclic) bond motifs is 1. The van der Waals surface area contributed by atoms with E-state index in [1.165, 1.54) is 0 Å². The summed E-state index contributed by atoms with van der Waals surface area (Å²) in [6.07, 6.45) is 0. The molecule has 0 aliphatic rings. The van der Waals surface area contributed by atoms with Crippen LogP contribution < -0.4 is 5.32 Å². The monoisotopic (exact) mass is 379 g/mol. The Morgan fingerprint density at radius 2 is 1.89 bits per heavy atom. The van der Waals surface area contributed by atoms with E-state index >= 15 is 0 Å². The number of aryl methyl sites for hydroxylation is 1. The third-order valence-electron chi connectivity index (χ3n) is 4.43. The molecule has 4 aromatic rings. The first-order chi connectivity index (χ1) is 13.0. The second-order valence-electron chi connectivity index (χ2n) is 6.33. The molecule has 0 fully saturated rings. The van der Waals surface area contributed by atoms with Crippen LogP contribution in [0.5, 0.6) is 0 Å². The van der Waals surface area contributed by atoms with Gasteiger partial charge in [0.1, 0.15) is 5.82 Å². The van der Waals surface area contributed by atoms with Crippen molar-refractivity contribution >= 4 is 28.5 Å². The summed E-state index contributed by atoms with van der Waals surface area (Å²) in [5, 5.41) is 7.96. The number of aromatic amines is 1. The van der Waals surface area contributed by atoms with Crippen molar-refractivity contribution in [1.29, 1.82) is 0 Å². The number of carbonyl (C=O) groups is 1. The number of nitrogens with zero attached hydrogens (tertiary/aromatic N) is 3. The van der Waals surface area contributed by atoms with Crippen molar-refractivity contribution in [2.45, 2.75) is 20.4 Å². The topological polar surface area (TPSA) is 75.6 Å². The van der Waals surface area contributed by atoms with Gasteiger partial charge in [-0.2, -0.15) is 5.10 Å². The van der Waals surface area contributed by atoms with Gasteiger partial charge in [0.15, 0.2) is 0 Å². The van der Waals surface area contributed by atoms with Crippen molar-refractivity contribution in [3.05, 3.63) is 76.3 Å². The van der Waals surface area contributed by atoms with Crippen LogP contribution in [0.3, 0.4) is 0 Å². The average Bonchev–Trinajstić information content (AvgIpc) is 3.22. The fourth-order valence-corrected chi connectivity index (χ4v) is 3.10. The van der Waals surface area contributed by atoms with Crippen molar-refractivity contribution < 1.29 is 4.79 Å². The van der Waals surface area contributed by atoms with Gasteiger partial charge in [-0.25, -0.2) is 9.67 Å². The molecular formula is C20H18ClN5O. The maximum atomic E-state index is 12.4. The number of H-pyrrole nitrogens is 1. The van der Waals surface area contributed by atoms with Crippen molar-refractivity contribution in [3.63, 3.8) is 0 Å². The molecule has 0 radical (unpaired) electrons. The third-order valence-corrected chi connectivity index (χ3v) is 4.98. The van der Waals surface area contributed by atoms with Crippen LogP contribution in [0.15, 0.2) is 48.5 Å². The second kappa shape index (κ2) is 6.89. The lowest BCUT2D eigenvalue weighted by Gasteiger charge is -2.07. The molecule has 0 unspecified atom stereocenters. The molecule has 0 bridgehead atoms. The summed E-state index contributed by atoms with van der Waals surface area (Å²) >= 11 is 6.20. The standard InChI is InChI=1S/C20H18ClN5O/c1-12-19(21)13(2)26(25-12)15-9-7-14(8-10-15)20(27)22-11-18-23-16-5-3-4-6-17(16)24-18/h3-10H,11H2,1-2H3,(H,22,27)(H,23,24). The number of carbonyl (C=O) groups excluding carboxylic acids is 1. The van der Waals surface area contributed by atoms with Gasteiger partial charge in [-0.15, -0.1) is 0 Å². The van der Waals surface area contributed by atoms with Crippen LogP contribution >= 0.6 is 11.6 Å². The number of hydrogen-bond acceptors (Lipinski definition) is 3. The van der Waals surface area contributed by atoms with E-state index in [1.54, 1.807) is 16.8 Å².